The Morgan fingerprint density at radius 3 is 2.65 bits per heavy atom. The summed E-state index contributed by atoms with van der Waals surface area (Å²) in [7, 11) is 3.27. The van der Waals surface area contributed by atoms with Crippen molar-refractivity contribution in [2.24, 2.45) is 0 Å². The molecule has 2 rings (SSSR count). The van der Waals surface area contributed by atoms with E-state index in [9.17, 15) is 4.79 Å². The van der Waals surface area contributed by atoms with Crippen LogP contribution in [0.3, 0.4) is 0 Å². The van der Waals surface area contributed by atoms with Crippen molar-refractivity contribution in [1.29, 1.82) is 0 Å². The molecular weight excluding hydrogens is 332 g/mol. The molecule has 0 aliphatic carbocycles. The van der Waals surface area contributed by atoms with Crippen molar-refractivity contribution >= 4 is 11.0 Å². The molecule has 1 aromatic carbocycles. The van der Waals surface area contributed by atoms with E-state index in [1.807, 2.05) is 32.9 Å². The summed E-state index contributed by atoms with van der Waals surface area (Å²) in [5.41, 5.74) is 0.993. The molecule has 1 heterocycles. The summed E-state index contributed by atoms with van der Waals surface area (Å²) >= 11 is 0. The zero-order chi connectivity index (χ0) is 19.2. The largest absolute Gasteiger partial charge is 0.493 e. The Hall–Kier alpha value is -2.53. The lowest BCUT2D eigenvalue weighted by Gasteiger charge is -2.17. The average molecular weight is 358 g/mol. The summed E-state index contributed by atoms with van der Waals surface area (Å²) in [6.45, 7) is 6.46. The van der Waals surface area contributed by atoms with Crippen LogP contribution in [0.1, 0.15) is 27.2 Å². The Kier molecular flexibility index (Phi) is 6.64. The minimum Gasteiger partial charge on any atom is -0.493 e. The predicted octanol–water partition coefficient (Wildman–Crippen LogP) is 4.50. The molecule has 2 aromatic rings. The van der Waals surface area contributed by atoms with Gasteiger partial charge in [-0.1, -0.05) is 17.7 Å². The van der Waals surface area contributed by atoms with Crippen molar-refractivity contribution in [2.75, 3.05) is 20.8 Å². The fraction of sp³-hybridized carbons (Fsp3) is 0.381. The van der Waals surface area contributed by atoms with Gasteiger partial charge in [0.25, 0.3) is 0 Å². The third kappa shape index (κ3) is 5.49. The molecule has 0 unspecified atom stereocenters. The van der Waals surface area contributed by atoms with Crippen LogP contribution in [0.15, 0.2) is 57.3 Å². The van der Waals surface area contributed by atoms with Gasteiger partial charge in [-0.3, -0.25) is 0 Å². The first kappa shape index (κ1) is 19.8. The summed E-state index contributed by atoms with van der Waals surface area (Å²) in [4.78, 5) is 11.4. The normalized spacial score (nSPS) is 12.7. The Balaban J connectivity index is 2.05. The Labute approximate surface area is 153 Å². The summed E-state index contributed by atoms with van der Waals surface area (Å²) in [6, 6.07) is 6.55. The van der Waals surface area contributed by atoms with E-state index in [2.05, 4.69) is 6.08 Å². The molecule has 0 radical (unpaired) electrons. The maximum absolute atomic E-state index is 11.4. The molecule has 0 aliphatic rings. The molecule has 140 valence electrons. The van der Waals surface area contributed by atoms with Gasteiger partial charge in [-0.15, -0.1) is 0 Å². The van der Waals surface area contributed by atoms with Gasteiger partial charge in [0, 0.05) is 24.6 Å². The fourth-order valence-corrected chi connectivity index (χ4v) is 2.30. The van der Waals surface area contributed by atoms with Crippen molar-refractivity contribution in [3.05, 3.63) is 58.5 Å². The first-order chi connectivity index (χ1) is 12.3. The molecule has 0 spiro atoms. The van der Waals surface area contributed by atoms with Gasteiger partial charge in [0.15, 0.2) is 11.5 Å². The second kappa shape index (κ2) is 8.72. The van der Waals surface area contributed by atoms with Crippen molar-refractivity contribution in [3.8, 4) is 11.5 Å². The van der Waals surface area contributed by atoms with Gasteiger partial charge in [-0.05, 0) is 45.4 Å². The summed E-state index contributed by atoms with van der Waals surface area (Å²) in [5, 5.41) is 0.784. The highest BCUT2D eigenvalue weighted by Crippen LogP contribution is 2.31. The van der Waals surface area contributed by atoms with E-state index in [0.29, 0.717) is 23.7 Å². The van der Waals surface area contributed by atoms with Crippen LogP contribution in [-0.4, -0.2) is 26.4 Å². The molecule has 0 N–H and O–H groups in total. The highest BCUT2D eigenvalue weighted by atomic mass is 16.5. The lowest BCUT2D eigenvalue weighted by molar-refractivity contribution is 0.0654. The number of rotatable bonds is 8. The monoisotopic (exact) mass is 358 g/mol. The van der Waals surface area contributed by atoms with Gasteiger partial charge < -0.3 is 18.6 Å². The van der Waals surface area contributed by atoms with Gasteiger partial charge in [-0.2, -0.15) is 0 Å². The molecule has 0 atom stereocenters. The molecule has 5 nitrogen and oxygen atoms in total. The number of hydrogen-bond donors (Lipinski definition) is 0. The molecule has 0 bridgehead atoms. The van der Waals surface area contributed by atoms with Crippen LogP contribution in [-0.2, 0) is 4.74 Å². The second-order valence-corrected chi connectivity index (χ2v) is 6.57. The molecule has 0 amide bonds. The quantitative estimate of drug-likeness (QED) is 0.514. The molecule has 1 aromatic heterocycles. The van der Waals surface area contributed by atoms with E-state index in [1.165, 1.54) is 11.6 Å². The van der Waals surface area contributed by atoms with E-state index >= 15 is 0 Å². The van der Waals surface area contributed by atoms with Crippen LogP contribution < -0.4 is 15.1 Å². The maximum atomic E-state index is 11.4. The number of methoxy groups -OCH3 is 2. The molecule has 0 fully saturated rings. The number of hydrogen-bond acceptors (Lipinski definition) is 5. The number of fused-ring (bicyclic) bond motifs is 1. The van der Waals surface area contributed by atoms with E-state index in [0.717, 1.165) is 11.8 Å². The lowest BCUT2D eigenvalue weighted by Crippen LogP contribution is -2.18. The summed E-state index contributed by atoms with van der Waals surface area (Å²) in [6.07, 6.45) is 6.95. The third-order valence-corrected chi connectivity index (χ3v) is 4.06. The van der Waals surface area contributed by atoms with Crippen LogP contribution in [0.2, 0.25) is 0 Å². The zero-order valence-corrected chi connectivity index (χ0v) is 16.0. The van der Waals surface area contributed by atoms with Crippen LogP contribution >= 0.6 is 0 Å². The minimum atomic E-state index is -0.393. The molecule has 5 heteroatoms. The Bertz CT molecular complexity index is 858. The number of allylic oxidation sites excluding steroid dienone is 2. The van der Waals surface area contributed by atoms with Crippen molar-refractivity contribution in [1.82, 2.24) is 0 Å². The average Bonchev–Trinajstić information content (AvgIpc) is 2.61. The first-order valence-corrected chi connectivity index (χ1v) is 8.48. The number of ether oxygens (including phenoxy) is 3. The summed E-state index contributed by atoms with van der Waals surface area (Å²) < 4.78 is 21.7. The van der Waals surface area contributed by atoms with E-state index < -0.39 is 5.63 Å². The third-order valence-electron chi connectivity index (χ3n) is 4.06. The van der Waals surface area contributed by atoms with Gasteiger partial charge in [0.1, 0.15) is 12.2 Å². The van der Waals surface area contributed by atoms with Crippen LogP contribution in [0, 0.1) is 0 Å². The SMILES string of the molecule is COc1cc2ccc(=O)oc2cc1OC/C=C(\C)C/C=C/C(C)(C)OC. The van der Waals surface area contributed by atoms with E-state index in [1.54, 1.807) is 32.4 Å². The van der Waals surface area contributed by atoms with Gasteiger partial charge >= 0.3 is 5.63 Å². The predicted molar refractivity (Wildman–Crippen MR) is 103 cm³/mol. The molecular formula is C21H26O5. The van der Waals surface area contributed by atoms with Crippen molar-refractivity contribution < 1.29 is 18.6 Å². The number of benzene rings is 1. The smallest absolute Gasteiger partial charge is 0.336 e. The standard InChI is InChI=1S/C21H26O5/c1-15(7-6-11-21(2,3)24-5)10-12-25-19-14-17-16(13-18(19)23-4)8-9-20(22)26-17/h6,8-11,13-14H,7,12H2,1-5H3/b11-6+,15-10+. The Morgan fingerprint density at radius 1 is 1.19 bits per heavy atom. The Morgan fingerprint density at radius 2 is 1.96 bits per heavy atom. The zero-order valence-electron chi connectivity index (χ0n) is 16.0. The highest BCUT2D eigenvalue weighted by molar-refractivity contribution is 5.80. The van der Waals surface area contributed by atoms with Crippen LogP contribution in [0.4, 0.5) is 0 Å². The lowest BCUT2D eigenvalue weighted by atomic mass is 10.1. The van der Waals surface area contributed by atoms with Crippen molar-refractivity contribution in [3.63, 3.8) is 0 Å². The van der Waals surface area contributed by atoms with E-state index in [-0.39, 0.29) is 5.60 Å². The van der Waals surface area contributed by atoms with Gasteiger partial charge in [0.2, 0.25) is 0 Å². The van der Waals surface area contributed by atoms with Gasteiger partial charge in [0.05, 0.1) is 12.7 Å². The second-order valence-electron chi connectivity index (χ2n) is 6.57. The molecule has 26 heavy (non-hydrogen) atoms. The highest BCUT2D eigenvalue weighted by Gasteiger charge is 2.10. The van der Waals surface area contributed by atoms with Crippen LogP contribution in [0.25, 0.3) is 11.0 Å². The fourth-order valence-electron chi connectivity index (χ4n) is 2.30. The van der Waals surface area contributed by atoms with Gasteiger partial charge in [-0.25, -0.2) is 4.79 Å². The van der Waals surface area contributed by atoms with E-state index in [4.69, 9.17) is 18.6 Å². The minimum absolute atomic E-state index is 0.265. The molecule has 0 saturated heterocycles. The molecule has 0 aliphatic heterocycles. The van der Waals surface area contributed by atoms with Crippen LogP contribution in [0.5, 0.6) is 11.5 Å². The summed E-state index contributed by atoms with van der Waals surface area (Å²) in [5.74, 6) is 1.13. The molecule has 0 saturated carbocycles. The topological polar surface area (TPSA) is 57.9 Å². The van der Waals surface area contributed by atoms with Crippen molar-refractivity contribution in [2.45, 2.75) is 32.8 Å². The first-order valence-electron chi connectivity index (χ1n) is 8.48. The maximum Gasteiger partial charge on any atom is 0.336 e.